The third-order valence-corrected chi connectivity index (χ3v) is 5.49. The molecule has 0 unspecified atom stereocenters. The van der Waals surface area contributed by atoms with E-state index in [9.17, 15) is 4.79 Å². The molecule has 1 amide bonds. The van der Waals surface area contributed by atoms with Crippen molar-refractivity contribution >= 4 is 11.6 Å². The summed E-state index contributed by atoms with van der Waals surface area (Å²) in [5, 5.41) is 15.7. The van der Waals surface area contributed by atoms with Gasteiger partial charge in [-0.3, -0.25) is 4.79 Å². The molecule has 1 aliphatic heterocycles. The summed E-state index contributed by atoms with van der Waals surface area (Å²) in [6, 6.07) is 18.8. The number of amides is 1. The molecular formula is C24H25N5O2. The molecule has 1 aliphatic rings. The number of nitrogens with zero attached hydrogens (tertiary/aromatic N) is 4. The number of likely N-dealkylation sites (N-methyl/N-ethyl adjacent to an activating group) is 1. The first-order valence-electron chi connectivity index (χ1n) is 10.3. The summed E-state index contributed by atoms with van der Waals surface area (Å²) < 4.78 is 5.57. The molecule has 1 fully saturated rings. The maximum absolute atomic E-state index is 12.3. The van der Waals surface area contributed by atoms with Gasteiger partial charge >= 0.3 is 0 Å². The number of hydrogen-bond donors (Lipinski definition) is 1. The van der Waals surface area contributed by atoms with Gasteiger partial charge in [0, 0.05) is 54.6 Å². The largest absolute Gasteiger partial charge is 0.369 e. The minimum Gasteiger partial charge on any atom is -0.369 e. The lowest BCUT2D eigenvalue weighted by Gasteiger charge is -2.34. The van der Waals surface area contributed by atoms with Gasteiger partial charge < -0.3 is 19.6 Å². The second-order valence-electron chi connectivity index (χ2n) is 7.82. The number of piperazine rings is 1. The number of hydrogen-bond acceptors (Lipinski definition) is 6. The molecule has 31 heavy (non-hydrogen) atoms. The summed E-state index contributed by atoms with van der Waals surface area (Å²) in [4.78, 5) is 17.0. The van der Waals surface area contributed by atoms with Crippen molar-refractivity contribution in [2.75, 3.05) is 38.1 Å². The summed E-state index contributed by atoms with van der Waals surface area (Å²) in [5.74, 6) is 0.381. The van der Waals surface area contributed by atoms with Crippen LogP contribution >= 0.6 is 0 Å². The number of nitriles is 1. The van der Waals surface area contributed by atoms with Gasteiger partial charge in [0.1, 0.15) is 11.7 Å². The summed E-state index contributed by atoms with van der Waals surface area (Å²) in [6.45, 7) is 5.83. The van der Waals surface area contributed by atoms with E-state index >= 15 is 0 Å². The van der Waals surface area contributed by atoms with Gasteiger partial charge in [-0.25, -0.2) is 0 Å². The lowest BCUT2D eigenvalue weighted by Crippen LogP contribution is -2.44. The third-order valence-electron chi connectivity index (χ3n) is 5.49. The van der Waals surface area contributed by atoms with Crippen LogP contribution in [0.2, 0.25) is 0 Å². The highest BCUT2D eigenvalue weighted by atomic mass is 16.5. The summed E-state index contributed by atoms with van der Waals surface area (Å²) in [6.07, 6.45) is 0. The Kier molecular flexibility index (Phi) is 6.01. The van der Waals surface area contributed by atoms with Crippen LogP contribution in [0.15, 0.2) is 59.1 Å². The first-order chi connectivity index (χ1) is 15.0. The molecule has 2 aromatic carbocycles. The molecule has 7 nitrogen and oxygen atoms in total. The highest BCUT2D eigenvalue weighted by Gasteiger charge is 2.16. The van der Waals surface area contributed by atoms with Crippen molar-refractivity contribution in [3.63, 3.8) is 0 Å². The lowest BCUT2D eigenvalue weighted by molar-refractivity contribution is 0.0948. The van der Waals surface area contributed by atoms with E-state index in [1.807, 2.05) is 30.3 Å². The standard InChI is InChI=1S/C24H25N5O2/c1-17(16-25)26-24(30)20-5-3-4-19(14-20)22-15-23(31-27-22)18-6-8-21(9-7-18)29-12-10-28(2)11-13-29/h3-9,14-15,17H,10-13H2,1-2H3,(H,26,30)/t17-/m0/s1. The van der Waals surface area contributed by atoms with E-state index in [4.69, 9.17) is 9.78 Å². The van der Waals surface area contributed by atoms with Crippen molar-refractivity contribution < 1.29 is 9.32 Å². The normalized spacial score (nSPS) is 15.3. The predicted molar refractivity (Wildman–Crippen MR) is 120 cm³/mol. The molecule has 1 N–H and O–H groups in total. The topological polar surface area (TPSA) is 85.4 Å². The Morgan fingerprint density at radius 1 is 1.10 bits per heavy atom. The lowest BCUT2D eigenvalue weighted by atomic mass is 10.1. The Hall–Kier alpha value is -3.63. The van der Waals surface area contributed by atoms with Crippen LogP contribution in [0.3, 0.4) is 0 Å². The van der Waals surface area contributed by atoms with Gasteiger partial charge in [-0.1, -0.05) is 17.3 Å². The Morgan fingerprint density at radius 3 is 2.55 bits per heavy atom. The Balaban J connectivity index is 1.49. The number of aromatic nitrogens is 1. The third kappa shape index (κ3) is 4.76. The van der Waals surface area contributed by atoms with Gasteiger partial charge in [0.2, 0.25) is 0 Å². The number of carbonyl (C=O) groups excluding carboxylic acids is 1. The van der Waals surface area contributed by atoms with Crippen molar-refractivity contribution in [3.8, 4) is 28.7 Å². The van der Waals surface area contributed by atoms with E-state index in [1.54, 1.807) is 25.1 Å². The van der Waals surface area contributed by atoms with Gasteiger partial charge in [0.15, 0.2) is 5.76 Å². The fourth-order valence-electron chi connectivity index (χ4n) is 3.58. The van der Waals surface area contributed by atoms with Crippen LogP contribution in [0.1, 0.15) is 17.3 Å². The average Bonchev–Trinajstić information content (AvgIpc) is 3.30. The number of anilines is 1. The highest BCUT2D eigenvalue weighted by molar-refractivity contribution is 5.95. The Morgan fingerprint density at radius 2 is 1.84 bits per heavy atom. The van der Waals surface area contributed by atoms with Gasteiger partial charge in [-0.15, -0.1) is 0 Å². The molecule has 0 spiro atoms. The number of benzene rings is 2. The molecule has 2 heterocycles. The number of nitrogens with one attached hydrogen (secondary N) is 1. The van der Waals surface area contributed by atoms with Crippen molar-refractivity contribution in [2.24, 2.45) is 0 Å². The van der Waals surface area contributed by atoms with Crippen LogP contribution in [0, 0.1) is 11.3 Å². The predicted octanol–water partition coefficient (Wildman–Crippen LogP) is 3.40. The highest BCUT2D eigenvalue weighted by Crippen LogP contribution is 2.28. The minimum absolute atomic E-state index is 0.292. The zero-order chi connectivity index (χ0) is 21.8. The fraction of sp³-hybridized carbons (Fsp3) is 0.292. The summed E-state index contributed by atoms with van der Waals surface area (Å²) >= 11 is 0. The first kappa shape index (κ1) is 20.6. The summed E-state index contributed by atoms with van der Waals surface area (Å²) in [5.41, 5.74) is 4.07. The molecule has 1 aromatic heterocycles. The fourth-order valence-corrected chi connectivity index (χ4v) is 3.58. The molecular weight excluding hydrogens is 390 g/mol. The monoisotopic (exact) mass is 415 g/mol. The van der Waals surface area contributed by atoms with E-state index in [1.165, 1.54) is 5.69 Å². The van der Waals surface area contributed by atoms with Gasteiger partial charge in [0.25, 0.3) is 5.91 Å². The average molecular weight is 415 g/mol. The Bertz CT molecular complexity index is 1090. The first-order valence-corrected chi connectivity index (χ1v) is 10.3. The van der Waals surface area contributed by atoms with E-state index in [0.717, 1.165) is 37.3 Å². The zero-order valence-electron chi connectivity index (χ0n) is 17.7. The number of carbonyl (C=O) groups is 1. The van der Waals surface area contributed by atoms with Gasteiger partial charge in [0.05, 0.1) is 6.07 Å². The molecule has 0 bridgehead atoms. The molecule has 3 aromatic rings. The van der Waals surface area contributed by atoms with Crippen LogP contribution < -0.4 is 10.2 Å². The van der Waals surface area contributed by atoms with Crippen molar-refractivity contribution in [2.45, 2.75) is 13.0 Å². The molecule has 4 rings (SSSR count). The van der Waals surface area contributed by atoms with E-state index in [2.05, 4.69) is 39.5 Å². The molecule has 1 saturated heterocycles. The van der Waals surface area contributed by atoms with Gasteiger partial charge in [-0.2, -0.15) is 5.26 Å². The molecule has 1 atom stereocenters. The second-order valence-corrected chi connectivity index (χ2v) is 7.82. The minimum atomic E-state index is -0.552. The smallest absolute Gasteiger partial charge is 0.252 e. The molecule has 7 heteroatoms. The molecule has 0 saturated carbocycles. The van der Waals surface area contributed by atoms with Crippen LogP contribution in [-0.2, 0) is 0 Å². The second kappa shape index (κ2) is 9.02. The van der Waals surface area contributed by atoms with Crippen molar-refractivity contribution in [1.29, 1.82) is 5.26 Å². The van der Waals surface area contributed by atoms with E-state index in [-0.39, 0.29) is 5.91 Å². The SMILES string of the molecule is C[C@@H](C#N)NC(=O)c1cccc(-c2cc(-c3ccc(N4CCN(C)CC4)cc3)on2)c1. The van der Waals surface area contributed by atoms with E-state index < -0.39 is 6.04 Å². The maximum atomic E-state index is 12.3. The van der Waals surface area contributed by atoms with Crippen LogP contribution in [0.4, 0.5) is 5.69 Å². The van der Waals surface area contributed by atoms with Crippen LogP contribution in [-0.4, -0.2) is 55.2 Å². The van der Waals surface area contributed by atoms with Crippen molar-refractivity contribution in [1.82, 2.24) is 15.4 Å². The maximum Gasteiger partial charge on any atom is 0.252 e. The molecule has 0 radical (unpaired) electrons. The van der Waals surface area contributed by atoms with Crippen molar-refractivity contribution in [3.05, 3.63) is 60.2 Å². The van der Waals surface area contributed by atoms with Gasteiger partial charge in [-0.05, 0) is 50.4 Å². The Labute approximate surface area is 181 Å². The van der Waals surface area contributed by atoms with Crippen LogP contribution in [0.25, 0.3) is 22.6 Å². The summed E-state index contributed by atoms with van der Waals surface area (Å²) in [7, 11) is 2.15. The molecule has 158 valence electrons. The number of rotatable bonds is 5. The molecule has 0 aliphatic carbocycles. The van der Waals surface area contributed by atoms with Crippen LogP contribution in [0.5, 0.6) is 0 Å². The zero-order valence-corrected chi connectivity index (χ0v) is 17.7. The quantitative estimate of drug-likeness (QED) is 0.687. The van der Waals surface area contributed by atoms with E-state index in [0.29, 0.717) is 17.0 Å².